The summed E-state index contributed by atoms with van der Waals surface area (Å²) >= 11 is 6.01. The number of halogens is 1. The molecule has 2 unspecified atom stereocenters. The highest BCUT2D eigenvalue weighted by Gasteiger charge is 2.32. The zero-order valence-corrected chi connectivity index (χ0v) is 18.3. The van der Waals surface area contributed by atoms with E-state index in [9.17, 15) is 13.2 Å². The topological polar surface area (TPSA) is 75.7 Å². The van der Waals surface area contributed by atoms with Crippen LogP contribution in [-0.2, 0) is 14.8 Å². The fourth-order valence-corrected chi connectivity index (χ4v) is 5.18. The molecule has 0 aliphatic carbocycles. The van der Waals surface area contributed by atoms with Crippen molar-refractivity contribution in [2.45, 2.75) is 37.9 Å². The SMILES string of the molecule is Cc1ccc(Cl)cc1NCC(=O)c1cccc(S(=O)(=O)N2CC(C)OC(C)C2)c1. The highest BCUT2D eigenvalue weighted by Crippen LogP contribution is 2.23. The fraction of sp³-hybridized carbons (Fsp3) is 0.381. The highest BCUT2D eigenvalue weighted by atomic mass is 35.5. The third kappa shape index (κ3) is 5.17. The van der Waals surface area contributed by atoms with E-state index in [0.29, 0.717) is 23.7 Å². The summed E-state index contributed by atoms with van der Waals surface area (Å²) in [6.45, 7) is 6.24. The predicted molar refractivity (Wildman–Crippen MR) is 114 cm³/mol. The summed E-state index contributed by atoms with van der Waals surface area (Å²) in [6.07, 6.45) is -0.355. The summed E-state index contributed by atoms with van der Waals surface area (Å²) in [4.78, 5) is 12.8. The Balaban J connectivity index is 1.76. The van der Waals surface area contributed by atoms with Gasteiger partial charge in [0, 0.05) is 29.4 Å². The predicted octanol–water partition coefficient (Wildman–Crippen LogP) is 3.74. The Kier molecular flexibility index (Phi) is 6.63. The first-order chi connectivity index (χ1) is 13.7. The molecule has 0 saturated carbocycles. The first kappa shape index (κ1) is 21.8. The minimum atomic E-state index is -3.70. The van der Waals surface area contributed by atoms with Gasteiger partial charge in [-0.2, -0.15) is 4.31 Å². The van der Waals surface area contributed by atoms with Crippen LogP contribution in [0.3, 0.4) is 0 Å². The molecule has 1 saturated heterocycles. The molecule has 1 aliphatic heterocycles. The van der Waals surface area contributed by atoms with Crippen LogP contribution in [0.4, 0.5) is 5.69 Å². The van der Waals surface area contributed by atoms with Crippen molar-refractivity contribution in [2.75, 3.05) is 25.0 Å². The van der Waals surface area contributed by atoms with Crippen LogP contribution in [-0.4, -0.2) is 50.3 Å². The van der Waals surface area contributed by atoms with E-state index >= 15 is 0 Å². The molecule has 29 heavy (non-hydrogen) atoms. The van der Waals surface area contributed by atoms with Crippen LogP contribution in [0.1, 0.15) is 29.8 Å². The fourth-order valence-electron chi connectivity index (χ4n) is 3.37. The van der Waals surface area contributed by atoms with Crippen molar-refractivity contribution in [3.8, 4) is 0 Å². The molecule has 2 atom stereocenters. The van der Waals surface area contributed by atoms with Crippen molar-refractivity contribution in [3.63, 3.8) is 0 Å². The number of morpholine rings is 1. The summed E-state index contributed by atoms with van der Waals surface area (Å²) < 4.78 is 33.1. The van der Waals surface area contributed by atoms with Crippen LogP contribution in [0, 0.1) is 6.92 Å². The number of nitrogens with zero attached hydrogens (tertiary/aromatic N) is 1. The van der Waals surface area contributed by atoms with Crippen LogP contribution < -0.4 is 5.32 Å². The first-order valence-corrected chi connectivity index (χ1v) is 11.3. The van der Waals surface area contributed by atoms with Gasteiger partial charge >= 0.3 is 0 Å². The molecule has 1 N–H and O–H groups in total. The summed E-state index contributed by atoms with van der Waals surface area (Å²) in [5.41, 5.74) is 2.08. The highest BCUT2D eigenvalue weighted by molar-refractivity contribution is 7.89. The lowest BCUT2D eigenvalue weighted by Crippen LogP contribution is -2.48. The van der Waals surface area contributed by atoms with Crippen molar-refractivity contribution in [2.24, 2.45) is 0 Å². The van der Waals surface area contributed by atoms with E-state index < -0.39 is 10.0 Å². The van der Waals surface area contributed by atoms with Crippen molar-refractivity contribution in [1.82, 2.24) is 4.31 Å². The van der Waals surface area contributed by atoms with E-state index in [1.165, 1.54) is 16.4 Å². The average Bonchev–Trinajstić information content (AvgIpc) is 2.67. The molecule has 1 heterocycles. The van der Waals surface area contributed by atoms with Gasteiger partial charge in [-0.25, -0.2) is 8.42 Å². The molecule has 0 amide bonds. The molecular formula is C21H25ClN2O4S. The minimum absolute atomic E-state index is 0.0380. The number of hydrogen-bond acceptors (Lipinski definition) is 5. The van der Waals surface area contributed by atoms with Gasteiger partial charge in [0.2, 0.25) is 10.0 Å². The molecule has 0 bridgehead atoms. The van der Waals surface area contributed by atoms with Crippen molar-refractivity contribution >= 4 is 33.1 Å². The Morgan fingerprint density at radius 3 is 2.55 bits per heavy atom. The van der Waals surface area contributed by atoms with Gasteiger partial charge in [0.05, 0.1) is 23.6 Å². The van der Waals surface area contributed by atoms with Crippen LogP contribution in [0.25, 0.3) is 0 Å². The van der Waals surface area contributed by atoms with Gasteiger partial charge in [-0.1, -0.05) is 29.8 Å². The maximum absolute atomic E-state index is 13.0. The smallest absolute Gasteiger partial charge is 0.243 e. The van der Waals surface area contributed by atoms with Crippen molar-refractivity contribution < 1.29 is 17.9 Å². The molecular weight excluding hydrogens is 412 g/mol. The van der Waals surface area contributed by atoms with Crippen molar-refractivity contribution in [1.29, 1.82) is 0 Å². The number of carbonyl (C=O) groups is 1. The molecule has 3 rings (SSSR count). The molecule has 156 valence electrons. The quantitative estimate of drug-likeness (QED) is 0.698. The Hall–Kier alpha value is -1.93. The number of ketones is 1. The Labute approximate surface area is 176 Å². The van der Waals surface area contributed by atoms with E-state index in [4.69, 9.17) is 16.3 Å². The van der Waals surface area contributed by atoms with Gasteiger partial charge in [0.15, 0.2) is 5.78 Å². The second kappa shape index (κ2) is 8.83. The number of nitrogens with one attached hydrogen (secondary N) is 1. The number of sulfonamides is 1. The number of hydrogen-bond donors (Lipinski definition) is 1. The zero-order valence-electron chi connectivity index (χ0n) is 16.7. The zero-order chi connectivity index (χ0) is 21.2. The number of anilines is 1. The number of benzene rings is 2. The van der Waals surface area contributed by atoms with Crippen LogP contribution in [0.2, 0.25) is 5.02 Å². The normalized spacial score (nSPS) is 20.4. The first-order valence-electron chi connectivity index (χ1n) is 9.45. The van der Waals surface area contributed by atoms with Gasteiger partial charge in [-0.3, -0.25) is 4.79 Å². The summed E-state index contributed by atoms with van der Waals surface area (Å²) in [7, 11) is -3.70. The molecule has 0 aromatic heterocycles. The Morgan fingerprint density at radius 2 is 1.86 bits per heavy atom. The second-order valence-corrected chi connectivity index (χ2v) is 9.72. The average molecular weight is 437 g/mol. The number of ether oxygens (including phenoxy) is 1. The van der Waals surface area contributed by atoms with Gasteiger partial charge in [-0.05, 0) is 50.6 Å². The molecule has 1 fully saturated rings. The molecule has 2 aromatic carbocycles. The number of rotatable bonds is 6. The van der Waals surface area contributed by atoms with E-state index in [1.807, 2.05) is 26.8 Å². The lowest BCUT2D eigenvalue weighted by Gasteiger charge is -2.34. The minimum Gasteiger partial charge on any atom is -0.377 e. The van der Waals surface area contributed by atoms with Gasteiger partial charge in [0.25, 0.3) is 0 Å². The lowest BCUT2D eigenvalue weighted by molar-refractivity contribution is -0.0440. The molecule has 6 nitrogen and oxygen atoms in total. The number of carbonyl (C=O) groups excluding carboxylic acids is 1. The Bertz CT molecular complexity index is 999. The summed E-state index contributed by atoms with van der Waals surface area (Å²) in [5, 5.41) is 3.65. The standard InChI is InChI=1S/C21H25ClN2O4S/c1-14-7-8-18(22)10-20(14)23-11-21(25)17-5-4-6-19(9-17)29(26,27)24-12-15(2)28-16(3)13-24/h4-10,15-16,23H,11-13H2,1-3H3. The lowest BCUT2D eigenvalue weighted by atomic mass is 10.1. The van der Waals surface area contributed by atoms with E-state index in [1.54, 1.807) is 24.3 Å². The summed E-state index contributed by atoms with van der Waals surface area (Å²) in [5.74, 6) is -0.204. The monoisotopic (exact) mass is 436 g/mol. The largest absolute Gasteiger partial charge is 0.377 e. The van der Waals surface area contributed by atoms with Crippen LogP contribution in [0.5, 0.6) is 0 Å². The van der Waals surface area contributed by atoms with Crippen LogP contribution >= 0.6 is 11.6 Å². The molecule has 1 aliphatic rings. The van der Waals surface area contributed by atoms with E-state index in [0.717, 1.165) is 11.3 Å². The molecule has 0 spiro atoms. The molecule has 8 heteroatoms. The second-order valence-electron chi connectivity index (χ2n) is 7.34. The number of Topliss-reactive ketones (excluding diaryl/α,β-unsaturated/α-hetero) is 1. The maximum Gasteiger partial charge on any atom is 0.243 e. The summed E-state index contributed by atoms with van der Waals surface area (Å²) in [6, 6.07) is 11.6. The van der Waals surface area contributed by atoms with E-state index in [-0.39, 0.29) is 29.4 Å². The third-order valence-corrected chi connectivity index (χ3v) is 6.88. The molecule has 2 aromatic rings. The van der Waals surface area contributed by atoms with Gasteiger partial charge < -0.3 is 10.1 Å². The van der Waals surface area contributed by atoms with E-state index in [2.05, 4.69) is 5.32 Å². The maximum atomic E-state index is 13.0. The third-order valence-electron chi connectivity index (χ3n) is 4.82. The number of aryl methyl sites for hydroxylation is 1. The molecule has 0 radical (unpaired) electrons. The van der Waals surface area contributed by atoms with Gasteiger partial charge in [-0.15, -0.1) is 0 Å². The van der Waals surface area contributed by atoms with Gasteiger partial charge in [0.1, 0.15) is 0 Å². The van der Waals surface area contributed by atoms with Crippen LogP contribution in [0.15, 0.2) is 47.4 Å². The Morgan fingerprint density at radius 1 is 1.17 bits per heavy atom. The van der Waals surface area contributed by atoms with Crippen molar-refractivity contribution in [3.05, 3.63) is 58.6 Å².